The minimum Gasteiger partial charge on any atom is -0.481 e. The van der Waals surface area contributed by atoms with E-state index in [1.165, 1.54) is 0 Å². The van der Waals surface area contributed by atoms with Gasteiger partial charge in [-0.15, -0.1) is 11.8 Å². The van der Waals surface area contributed by atoms with Crippen molar-refractivity contribution in [3.63, 3.8) is 0 Å². The molecule has 6 nitrogen and oxygen atoms in total. The molecule has 17 heavy (non-hydrogen) atoms. The van der Waals surface area contributed by atoms with Crippen LogP contribution in [0, 0.1) is 5.92 Å². The summed E-state index contributed by atoms with van der Waals surface area (Å²) in [5, 5.41) is 17.4. The number of aliphatic carboxylic acids is 2. The van der Waals surface area contributed by atoms with Gasteiger partial charge in [-0.2, -0.15) is 0 Å². The second-order valence-electron chi connectivity index (χ2n) is 3.39. The number of carbonyl (C=O) groups excluding carboxylic acids is 1. The summed E-state index contributed by atoms with van der Waals surface area (Å²) in [5.41, 5.74) is -1.34. The molecular weight excluding hydrogens is 248 g/mol. The van der Waals surface area contributed by atoms with Crippen molar-refractivity contribution in [2.24, 2.45) is 5.92 Å². The van der Waals surface area contributed by atoms with E-state index < -0.39 is 29.3 Å². The molecule has 0 aromatic heterocycles. The zero-order chi connectivity index (χ0) is 13.4. The van der Waals surface area contributed by atoms with Crippen LogP contribution >= 0.6 is 11.8 Å². The Labute approximate surface area is 103 Å². The first-order valence-electron chi connectivity index (χ1n) is 5.17. The Kier molecular flexibility index (Phi) is 7.36. The smallest absolute Gasteiger partial charge is 0.355 e. The summed E-state index contributed by atoms with van der Waals surface area (Å²) in [6, 6.07) is 0. The fourth-order valence-corrected chi connectivity index (χ4v) is 1.77. The fourth-order valence-electron chi connectivity index (χ4n) is 0.799. The van der Waals surface area contributed by atoms with Crippen LogP contribution in [0.25, 0.3) is 0 Å². The maximum atomic E-state index is 11.3. The van der Waals surface area contributed by atoms with Crippen LogP contribution in [0.4, 0.5) is 0 Å². The average Bonchev–Trinajstić information content (AvgIpc) is 2.26. The highest BCUT2D eigenvalue weighted by atomic mass is 32.2. The summed E-state index contributed by atoms with van der Waals surface area (Å²) >= 11 is 0.976. The van der Waals surface area contributed by atoms with E-state index in [9.17, 15) is 14.4 Å². The summed E-state index contributed by atoms with van der Waals surface area (Å²) < 4.78 is 4.63. The minimum absolute atomic E-state index is 0.544. The summed E-state index contributed by atoms with van der Waals surface area (Å²) in [5.74, 6) is -4.46. The fraction of sp³-hybridized carbons (Fsp3) is 0.700. The van der Waals surface area contributed by atoms with Crippen LogP contribution in [-0.4, -0.2) is 39.3 Å². The van der Waals surface area contributed by atoms with Gasteiger partial charge in [-0.05, 0) is 19.1 Å². The van der Waals surface area contributed by atoms with E-state index in [-0.39, 0.29) is 0 Å². The summed E-state index contributed by atoms with van der Waals surface area (Å²) in [7, 11) is 0. The molecule has 0 radical (unpaired) electrons. The van der Waals surface area contributed by atoms with Gasteiger partial charge in [0.1, 0.15) is 0 Å². The van der Waals surface area contributed by atoms with Gasteiger partial charge in [0.2, 0.25) is 5.44 Å². The van der Waals surface area contributed by atoms with Crippen molar-refractivity contribution in [2.75, 3.05) is 5.75 Å². The van der Waals surface area contributed by atoms with Gasteiger partial charge in [-0.3, -0.25) is 9.59 Å². The first kappa shape index (κ1) is 15.8. The molecule has 0 heterocycles. The van der Waals surface area contributed by atoms with Crippen LogP contribution in [0.15, 0.2) is 0 Å². The van der Waals surface area contributed by atoms with E-state index in [1.807, 2.05) is 6.92 Å². The van der Waals surface area contributed by atoms with E-state index in [2.05, 4.69) is 4.74 Å². The van der Waals surface area contributed by atoms with Gasteiger partial charge in [0.05, 0.1) is 0 Å². The summed E-state index contributed by atoms with van der Waals surface area (Å²) in [4.78, 5) is 32.5. The molecule has 0 spiro atoms. The second kappa shape index (κ2) is 7.94. The van der Waals surface area contributed by atoms with Crippen molar-refractivity contribution in [1.82, 2.24) is 0 Å². The molecule has 0 aromatic rings. The third kappa shape index (κ3) is 6.15. The Morgan fingerprint density at radius 2 is 1.82 bits per heavy atom. The molecule has 0 bridgehead atoms. The van der Waals surface area contributed by atoms with Gasteiger partial charge in [0, 0.05) is 0 Å². The van der Waals surface area contributed by atoms with Gasteiger partial charge in [0.25, 0.3) is 0 Å². The Balaban J connectivity index is 4.29. The van der Waals surface area contributed by atoms with Crippen molar-refractivity contribution in [3.8, 4) is 0 Å². The highest BCUT2D eigenvalue weighted by molar-refractivity contribution is 8.00. The molecule has 0 amide bonds. The number of hydrogen-bond acceptors (Lipinski definition) is 5. The van der Waals surface area contributed by atoms with Crippen LogP contribution in [0.5, 0.6) is 0 Å². The number of unbranched alkanes of at least 4 members (excludes halogenated alkanes) is 1. The van der Waals surface area contributed by atoms with Crippen LogP contribution in [0.1, 0.15) is 26.7 Å². The summed E-state index contributed by atoms with van der Waals surface area (Å²) in [6.45, 7) is 3.11. The van der Waals surface area contributed by atoms with Gasteiger partial charge in [0.15, 0.2) is 5.92 Å². The third-order valence-electron chi connectivity index (χ3n) is 1.92. The zero-order valence-electron chi connectivity index (χ0n) is 9.71. The standard InChI is InChI=1S/C10H16O6S/c1-3-4-5-17-10(8(13)14)16-9(15)6(2)7(11)12/h6,10H,3-5H2,1-2H3,(H,11,12)(H,13,14). The molecule has 2 unspecified atom stereocenters. The SMILES string of the molecule is CCCCSC(OC(=O)C(C)C(=O)O)C(=O)O. The third-order valence-corrected chi connectivity index (χ3v) is 3.04. The van der Waals surface area contributed by atoms with Gasteiger partial charge in [-0.25, -0.2) is 4.79 Å². The Bertz CT molecular complexity index is 291. The van der Waals surface area contributed by atoms with Gasteiger partial charge in [-0.1, -0.05) is 13.3 Å². The molecule has 0 saturated heterocycles. The predicted molar refractivity (Wildman–Crippen MR) is 61.7 cm³/mol. The van der Waals surface area contributed by atoms with E-state index in [1.54, 1.807) is 0 Å². The maximum absolute atomic E-state index is 11.3. The van der Waals surface area contributed by atoms with Crippen molar-refractivity contribution in [3.05, 3.63) is 0 Å². The molecule has 0 saturated carbocycles. The van der Waals surface area contributed by atoms with Crippen LogP contribution in [-0.2, 0) is 19.1 Å². The highest BCUT2D eigenvalue weighted by Crippen LogP contribution is 2.16. The number of hydrogen-bond donors (Lipinski definition) is 2. The van der Waals surface area contributed by atoms with Crippen LogP contribution in [0.3, 0.4) is 0 Å². The lowest BCUT2D eigenvalue weighted by Crippen LogP contribution is -2.30. The highest BCUT2D eigenvalue weighted by Gasteiger charge is 2.28. The first-order chi connectivity index (χ1) is 7.90. The molecule has 0 fully saturated rings. The number of carboxylic acid groups (broad SMARTS) is 2. The second-order valence-corrected chi connectivity index (χ2v) is 4.56. The molecule has 98 valence electrons. The number of rotatable bonds is 8. The molecular formula is C10H16O6S. The van der Waals surface area contributed by atoms with Crippen molar-refractivity contribution < 1.29 is 29.3 Å². The number of esters is 1. The molecule has 0 rings (SSSR count). The monoisotopic (exact) mass is 264 g/mol. The molecule has 7 heteroatoms. The van der Waals surface area contributed by atoms with Crippen molar-refractivity contribution >= 4 is 29.7 Å². The zero-order valence-corrected chi connectivity index (χ0v) is 10.5. The number of thioether (sulfide) groups is 1. The molecule has 2 N–H and O–H groups in total. The average molecular weight is 264 g/mol. The number of ether oxygens (including phenoxy) is 1. The molecule has 0 aliphatic heterocycles. The van der Waals surface area contributed by atoms with Crippen LogP contribution in [0.2, 0.25) is 0 Å². The molecule has 0 aliphatic rings. The minimum atomic E-state index is -1.36. The van der Waals surface area contributed by atoms with Crippen molar-refractivity contribution in [1.29, 1.82) is 0 Å². The quantitative estimate of drug-likeness (QED) is 0.294. The lowest BCUT2D eigenvalue weighted by Gasteiger charge is -2.14. The largest absolute Gasteiger partial charge is 0.481 e. The first-order valence-corrected chi connectivity index (χ1v) is 6.22. The predicted octanol–water partition coefficient (Wildman–Crippen LogP) is 1.19. The lowest BCUT2D eigenvalue weighted by atomic mass is 10.2. The van der Waals surface area contributed by atoms with Gasteiger partial charge >= 0.3 is 17.9 Å². The van der Waals surface area contributed by atoms with Crippen LogP contribution < -0.4 is 0 Å². The maximum Gasteiger partial charge on any atom is 0.355 e. The van der Waals surface area contributed by atoms with E-state index in [4.69, 9.17) is 10.2 Å². The molecule has 0 aliphatic carbocycles. The Morgan fingerprint density at radius 1 is 1.24 bits per heavy atom. The lowest BCUT2D eigenvalue weighted by molar-refractivity contribution is -0.165. The summed E-state index contributed by atoms with van der Waals surface area (Å²) in [6.07, 6.45) is 1.71. The van der Waals surface area contributed by atoms with E-state index in [0.717, 1.165) is 31.5 Å². The van der Waals surface area contributed by atoms with E-state index in [0.29, 0.717) is 5.75 Å². The normalized spacial score (nSPS) is 13.8. The Morgan fingerprint density at radius 3 is 2.24 bits per heavy atom. The molecule has 2 atom stereocenters. The number of carbonyl (C=O) groups is 3. The van der Waals surface area contributed by atoms with E-state index >= 15 is 0 Å². The van der Waals surface area contributed by atoms with Crippen molar-refractivity contribution in [2.45, 2.75) is 32.1 Å². The number of carboxylic acids is 2. The Hall–Kier alpha value is -1.24. The topological polar surface area (TPSA) is 101 Å². The molecule has 0 aromatic carbocycles. The van der Waals surface area contributed by atoms with Gasteiger partial charge < -0.3 is 14.9 Å².